The number of hydrogen-bond donors (Lipinski definition) is 1. The lowest BCUT2D eigenvalue weighted by atomic mass is 10.2. The second-order valence-corrected chi connectivity index (χ2v) is 7.82. The molecular weight excluding hydrogens is 332 g/mol. The predicted molar refractivity (Wildman–Crippen MR) is 85.9 cm³/mol. The summed E-state index contributed by atoms with van der Waals surface area (Å²) in [6.45, 7) is 0. The molecule has 3 aromatic heterocycles. The molecule has 9 heteroatoms. The van der Waals surface area contributed by atoms with Crippen molar-refractivity contribution in [3.63, 3.8) is 0 Å². The van der Waals surface area contributed by atoms with Gasteiger partial charge in [0.2, 0.25) is 11.7 Å². The molecule has 0 spiro atoms. The number of nitrogens with zero attached hydrogens (tertiary/aromatic N) is 3. The van der Waals surface area contributed by atoms with Gasteiger partial charge in [0.15, 0.2) is 6.04 Å². The Hall–Kier alpha value is -2.39. The zero-order valence-corrected chi connectivity index (χ0v) is 13.9. The van der Waals surface area contributed by atoms with Gasteiger partial charge in [0.25, 0.3) is 0 Å². The second kappa shape index (κ2) is 6.62. The van der Waals surface area contributed by atoms with Crippen LogP contribution in [0.3, 0.4) is 0 Å². The smallest absolute Gasteiger partial charge is 0.243 e. The fourth-order valence-electron chi connectivity index (χ4n) is 2.35. The van der Waals surface area contributed by atoms with Crippen molar-refractivity contribution < 1.29 is 17.4 Å². The lowest BCUT2D eigenvalue weighted by Crippen LogP contribution is -2.16. The van der Waals surface area contributed by atoms with Crippen LogP contribution >= 0.6 is 0 Å². The highest BCUT2D eigenvalue weighted by Gasteiger charge is 2.26. The maximum absolute atomic E-state index is 11.3. The quantitative estimate of drug-likeness (QED) is 0.686. The average Bonchev–Trinajstić information content (AvgIpc) is 3.27. The minimum Gasteiger partial charge on any atom is -0.467 e. The number of aromatic nitrogens is 3. The number of hydrogen-bond acceptors (Lipinski definition) is 7. The molecule has 0 radical (unpaired) electrons. The van der Waals surface area contributed by atoms with Crippen LogP contribution < -0.4 is 5.73 Å². The zero-order valence-electron chi connectivity index (χ0n) is 13.1. The van der Waals surface area contributed by atoms with E-state index in [0.717, 1.165) is 6.26 Å². The van der Waals surface area contributed by atoms with Crippen LogP contribution in [0.4, 0.5) is 0 Å². The monoisotopic (exact) mass is 350 g/mol. The highest BCUT2D eigenvalue weighted by molar-refractivity contribution is 7.90. The summed E-state index contributed by atoms with van der Waals surface area (Å²) in [7, 11) is -3.10. The van der Waals surface area contributed by atoms with Crippen molar-refractivity contribution in [2.75, 3.05) is 12.0 Å². The first kappa shape index (κ1) is 16.5. The Kier molecular flexibility index (Phi) is 4.54. The van der Waals surface area contributed by atoms with Crippen LogP contribution in [0, 0.1) is 0 Å². The largest absolute Gasteiger partial charge is 0.467 e. The molecule has 2 N–H and O–H groups in total. The molecule has 0 amide bonds. The summed E-state index contributed by atoms with van der Waals surface area (Å²) in [4.78, 5) is 4.34. The van der Waals surface area contributed by atoms with Gasteiger partial charge in [-0.1, -0.05) is 5.16 Å². The van der Waals surface area contributed by atoms with Crippen molar-refractivity contribution in [1.29, 1.82) is 0 Å². The van der Waals surface area contributed by atoms with Gasteiger partial charge in [-0.15, -0.1) is 0 Å². The molecule has 8 nitrogen and oxygen atoms in total. The number of furan rings is 1. The summed E-state index contributed by atoms with van der Waals surface area (Å²) in [5.41, 5.74) is 5.96. The predicted octanol–water partition coefficient (Wildman–Crippen LogP) is 1.54. The van der Waals surface area contributed by atoms with E-state index in [0.29, 0.717) is 11.6 Å². The molecule has 0 saturated heterocycles. The fraction of sp³-hybridized carbons (Fsp3) is 0.333. The maximum atomic E-state index is 11.3. The molecule has 0 bridgehead atoms. The van der Waals surface area contributed by atoms with Gasteiger partial charge >= 0.3 is 0 Å². The zero-order chi connectivity index (χ0) is 17.2. The van der Waals surface area contributed by atoms with Crippen molar-refractivity contribution in [1.82, 2.24) is 14.7 Å². The molecule has 0 aliphatic rings. The minimum absolute atomic E-state index is 0.0366. The topological polar surface area (TPSA) is 117 Å². The van der Waals surface area contributed by atoms with Crippen LogP contribution in [-0.2, 0) is 9.84 Å². The Balaban J connectivity index is 1.84. The molecule has 0 unspecified atom stereocenters. The first-order chi connectivity index (χ1) is 11.4. The van der Waals surface area contributed by atoms with Gasteiger partial charge in [-0.25, -0.2) is 8.42 Å². The van der Waals surface area contributed by atoms with Crippen LogP contribution in [0.2, 0.25) is 0 Å². The van der Waals surface area contributed by atoms with Crippen molar-refractivity contribution in [2.24, 2.45) is 5.73 Å². The summed E-state index contributed by atoms with van der Waals surface area (Å²) in [6.07, 6.45) is 6.69. The van der Waals surface area contributed by atoms with E-state index in [-0.39, 0.29) is 24.1 Å². The molecule has 3 aromatic rings. The van der Waals surface area contributed by atoms with Crippen molar-refractivity contribution in [3.05, 3.63) is 60.4 Å². The standard InChI is InChI=1S/C15H18N4O4S/c1-24(20,21)10-6-11(16)15-17-14(18-23-15)13(12-5-4-9-22-12)19-7-2-3-8-19/h2-5,7-9,11,13H,6,10,16H2,1H3/t11-,13-/m1/s1. The Morgan fingerprint density at radius 3 is 2.67 bits per heavy atom. The summed E-state index contributed by atoms with van der Waals surface area (Å²) >= 11 is 0. The third-order valence-corrected chi connectivity index (χ3v) is 4.53. The molecule has 128 valence electrons. The normalized spacial score (nSPS) is 14.6. The molecule has 2 atom stereocenters. The minimum atomic E-state index is -3.10. The van der Waals surface area contributed by atoms with Gasteiger partial charge in [0.05, 0.1) is 18.1 Å². The van der Waals surface area contributed by atoms with Crippen molar-refractivity contribution in [2.45, 2.75) is 18.5 Å². The Morgan fingerprint density at radius 2 is 2.04 bits per heavy atom. The van der Waals surface area contributed by atoms with Crippen LogP contribution in [0.15, 0.2) is 51.9 Å². The first-order valence-electron chi connectivity index (χ1n) is 7.37. The maximum Gasteiger partial charge on any atom is 0.243 e. The second-order valence-electron chi connectivity index (χ2n) is 5.56. The first-order valence-corrected chi connectivity index (χ1v) is 9.43. The molecule has 0 aromatic carbocycles. The van der Waals surface area contributed by atoms with Crippen molar-refractivity contribution >= 4 is 9.84 Å². The van der Waals surface area contributed by atoms with Crippen molar-refractivity contribution in [3.8, 4) is 0 Å². The highest BCUT2D eigenvalue weighted by atomic mass is 32.2. The van der Waals surface area contributed by atoms with Crippen LogP contribution in [0.25, 0.3) is 0 Å². The van der Waals surface area contributed by atoms with E-state index in [1.807, 2.05) is 35.2 Å². The summed E-state index contributed by atoms with van der Waals surface area (Å²) in [5, 5.41) is 4.00. The lowest BCUT2D eigenvalue weighted by molar-refractivity contribution is 0.343. The average molecular weight is 350 g/mol. The van der Waals surface area contributed by atoms with E-state index in [1.165, 1.54) is 0 Å². The Labute approximate surface area is 139 Å². The van der Waals surface area contributed by atoms with E-state index in [4.69, 9.17) is 14.7 Å². The summed E-state index contributed by atoms with van der Waals surface area (Å²) in [5.74, 6) is 1.22. The van der Waals surface area contributed by atoms with Crippen LogP contribution in [0.5, 0.6) is 0 Å². The number of sulfone groups is 1. The van der Waals surface area contributed by atoms with E-state index in [1.54, 1.807) is 12.3 Å². The summed E-state index contributed by atoms with van der Waals surface area (Å²) < 4.78 is 35.1. The van der Waals surface area contributed by atoms with Gasteiger partial charge in [0.1, 0.15) is 15.6 Å². The van der Waals surface area contributed by atoms with E-state index >= 15 is 0 Å². The SMILES string of the molecule is CS(=O)(=O)CC[C@@H](N)c1nc([C@@H](c2ccco2)n2cccc2)no1. The third kappa shape index (κ3) is 3.74. The molecular formula is C15H18N4O4S. The van der Waals surface area contributed by atoms with Gasteiger partial charge in [-0.3, -0.25) is 0 Å². The molecule has 0 aliphatic heterocycles. The van der Waals surface area contributed by atoms with Crippen LogP contribution in [0.1, 0.15) is 36.0 Å². The lowest BCUT2D eigenvalue weighted by Gasteiger charge is -2.12. The number of rotatable bonds is 7. The van der Waals surface area contributed by atoms with Gasteiger partial charge in [-0.2, -0.15) is 4.98 Å². The van der Waals surface area contributed by atoms with Gasteiger partial charge in [-0.05, 0) is 30.7 Å². The van der Waals surface area contributed by atoms with E-state index in [9.17, 15) is 8.42 Å². The molecule has 0 aliphatic carbocycles. The number of nitrogens with two attached hydrogens (primary N) is 1. The Morgan fingerprint density at radius 1 is 1.29 bits per heavy atom. The molecule has 24 heavy (non-hydrogen) atoms. The summed E-state index contributed by atoms with van der Waals surface area (Å²) in [6, 6.07) is 6.36. The molecule has 3 heterocycles. The Bertz CT molecular complexity index is 834. The van der Waals surface area contributed by atoms with Gasteiger partial charge < -0.3 is 19.2 Å². The third-order valence-electron chi connectivity index (χ3n) is 3.56. The highest BCUT2D eigenvalue weighted by Crippen LogP contribution is 2.26. The van der Waals surface area contributed by atoms with E-state index < -0.39 is 15.9 Å². The molecule has 0 fully saturated rings. The molecule has 3 rings (SSSR count). The fourth-order valence-corrected chi connectivity index (χ4v) is 3.03. The van der Waals surface area contributed by atoms with Crippen LogP contribution in [-0.4, -0.2) is 35.1 Å². The van der Waals surface area contributed by atoms with Gasteiger partial charge in [0, 0.05) is 18.6 Å². The molecule has 0 saturated carbocycles. The van der Waals surface area contributed by atoms with E-state index in [2.05, 4.69) is 10.1 Å².